The van der Waals surface area contributed by atoms with E-state index in [2.05, 4.69) is 4.72 Å². The molecule has 0 saturated heterocycles. The number of halogens is 1. The highest BCUT2D eigenvalue weighted by Crippen LogP contribution is 2.20. The summed E-state index contributed by atoms with van der Waals surface area (Å²) in [7, 11) is 1.77. The molecule has 0 aliphatic rings. The van der Waals surface area contributed by atoms with Gasteiger partial charge in [-0.3, -0.25) is 9.52 Å². The smallest absolute Gasteiger partial charge is 0.261 e. The van der Waals surface area contributed by atoms with Gasteiger partial charge in [-0.15, -0.1) is 0 Å². The van der Waals surface area contributed by atoms with Gasteiger partial charge in [0.05, 0.1) is 4.90 Å². The maximum atomic E-state index is 12.9. The van der Waals surface area contributed by atoms with Gasteiger partial charge < -0.3 is 9.80 Å². The van der Waals surface area contributed by atoms with E-state index in [1.165, 1.54) is 12.1 Å². The van der Waals surface area contributed by atoms with E-state index in [1.54, 1.807) is 48.3 Å². The quantitative estimate of drug-likeness (QED) is 0.568. The third kappa shape index (κ3) is 5.77. The van der Waals surface area contributed by atoms with Crippen molar-refractivity contribution in [2.24, 2.45) is 0 Å². The first kappa shape index (κ1) is 22.7. The molecule has 3 rings (SSSR count). The van der Waals surface area contributed by atoms with Crippen LogP contribution in [0.1, 0.15) is 15.9 Å². The van der Waals surface area contributed by atoms with Crippen LogP contribution in [0.15, 0.2) is 77.7 Å². The van der Waals surface area contributed by atoms with Crippen LogP contribution in [0, 0.1) is 0 Å². The van der Waals surface area contributed by atoms with Gasteiger partial charge >= 0.3 is 0 Å². The van der Waals surface area contributed by atoms with Crippen LogP contribution in [-0.4, -0.2) is 40.4 Å². The topological polar surface area (TPSA) is 69.7 Å². The fraction of sp³-hybridized carbons (Fsp3) is 0.174. The largest absolute Gasteiger partial charge is 0.378 e. The number of benzene rings is 3. The van der Waals surface area contributed by atoms with Crippen molar-refractivity contribution in [2.45, 2.75) is 11.4 Å². The molecular weight excluding hydrogens is 434 g/mol. The zero-order valence-corrected chi connectivity index (χ0v) is 19.1. The third-order valence-electron chi connectivity index (χ3n) is 4.71. The molecule has 0 heterocycles. The molecule has 3 aromatic carbocycles. The molecule has 0 fully saturated rings. The van der Waals surface area contributed by atoms with Crippen molar-refractivity contribution >= 4 is 38.9 Å². The van der Waals surface area contributed by atoms with Crippen LogP contribution in [0.25, 0.3) is 0 Å². The Balaban J connectivity index is 1.74. The van der Waals surface area contributed by atoms with Gasteiger partial charge in [-0.1, -0.05) is 29.8 Å². The highest BCUT2D eigenvalue weighted by molar-refractivity contribution is 7.92. The summed E-state index contributed by atoms with van der Waals surface area (Å²) in [4.78, 5) is 16.5. The van der Waals surface area contributed by atoms with Gasteiger partial charge in [-0.05, 0) is 60.2 Å². The van der Waals surface area contributed by atoms with Gasteiger partial charge in [0.1, 0.15) is 0 Å². The Labute approximate surface area is 188 Å². The van der Waals surface area contributed by atoms with Crippen molar-refractivity contribution in [3.05, 3.63) is 88.9 Å². The summed E-state index contributed by atoms with van der Waals surface area (Å²) in [6, 6.07) is 20.3. The molecule has 1 amide bonds. The number of amides is 1. The minimum Gasteiger partial charge on any atom is -0.378 e. The minimum atomic E-state index is -3.85. The number of anilines is 2. The molecule has 162 valence electrons. The van der Waals surface area contributed by atoms with Crippen LogP contribution < -0.4 is 9.62 Å². The van der Waals surface area contributed by atoms with Crippen molar-refractivity contribution in [1.29, 1.82) is 0 Å². The van der Waals surface area contributed by atoms with Crippen LogP contribution in [-0.2, 0) is 16.6 Å². The molecule has 0 aromatic heterocycles. The lowest BCUT2D eigenvalue weighted by Crippen LogP contribution is -2.26. The number of hydrogen-bond acceptors (Lipinski definition) is 4. The second kappa shape index (κ2) is 9.41. The first-order valence-electron chi connectivity index (χ1n) is 9.56. The number of hydrogen-bond donors (Lipinski definition) is 1. The second-order valence-electron chi connectivity index (χ2n) is 7.36. The Morgan fingerprint density at radius 2 is 1.58 bits per heavy atom. The van der Waals surface area contributed by atoms with E-state index in [1.807, 2.05) is 43.3 Å². The molecule has 0 aliphatic carbocycles. The predicted molar refractivity (Wildman–Crippen MR) is 125 cm³/mol. The molecule has 3 aromatic rings. The first-order valence-corrected chi connectivity index (χ1v) is 11.4. The number of nitrogens with one attached hydrogen (secondary N) is 1. The van der Waals surface area contributed by atoms with E-state index >= 15 is 0 Å². The fourth-order valence-corrected chi connectivity index (χ4v) is 4.22. The van der Waals surface area contributed by atoms with Crippen molar-refractivity contribution < 1.29 is 13.2 Å². The molecule has 0 bridgehead atoms. The molecule has 8 heteroatoms. The molecular formula is C23H24ClN3O3S. The first-order chi connectivity index (χ1) is 14.7. The maximum absolute atomic E-state index is 12.9. The highest BCUT2D eigenvalue weighted by atomic mass is 35.5. The summed E-state index contributed by atoms with van der Waals surface area (Å²) < 4.78 is 28.0. The summed E-state index contributed by atoms with van der Waals surface area (Å²) in [6.07, 6.45) is 0. The predicted octanol–water partition coefficient (Wildman–Crippen LogP) is 4.48. The molecule has 0 aliphatic heterocycles. The van der Waals surface area contributed by atoms with E-state index in [-0.39, 0.29) is 10.8 Å². The van der Waals surface area contributed by atoms with Gasteiger partial charge in [0, 0.05) is 49.6 Å². The number of rotatable bonds is 7. The molecule has 1 N–H and O–H groups in total. The van der Waals surface area contributed by atoms with Crippen molar-refractivity contribution in [3.8, 4) is 0 Å². The molecule has 6 nitrogen and oxygen atoms in total. The molecule has 31 heavy (non-hydrogen) atoms. The molecule has 0 unspecified atom stereocenters. The number of carbonyl (C=O) groups is 1. The Kier molecular flexibility index (Phi) is 6.87. The van der Waals surface area contributed by atoms with E-state index in [0.29, 0.717) is 22.8 Å². The summed E-state index contributed by atoms with van der Waals surface area (Å²) in [5.74, 6) is -0.264. The maximum Gasteiger partial charge on any atom is 0.261 e. The SMILES string of the molecule is CN(Cc1ccc(N(C)C)cc1)C(=O)c1cccc(S(=O)(=O)Nc2ccc(Cl)cc2)c1. The van der Waals surface area contributed by atoms with Crippen molar-refractivity contribution in [3.63, 3.8) is 0 Å². The lowest BCUT2D eigenvalue weighted by Gasteiger charge is -2.19. The van der Waals surface area contributed by atoms with Gasteiger partial charge in [-0.25, -0.2) is 8.42 Å². The molecule has 0 saturated carbocycles. The fourth-order valence-electron chi connectivity index (χ4n) is 2.99. The van der Waals surface area contributed by atoms with Gasteiger partial charge in [-0.2, -0.15) is 0 Å². The Hall–Kier alpha value is -3.03. The lowest BCUT2D eigenvalue weighted by atomic mass is 10.1. The van der Waals surface area contributed by atoms with E-state index in [4.69, 9.17) is 11.6 Å². The molecule has 0 radical (unpaired) electrons. The van der Waals surface area contributed by atoms with E-state index < -0.39 is 10.0 Å². The van der Waals surface area contributed by atoms with Gasteiger partial charge in [0.25, 0.3) is 15.9 Å². The molecule has 0 spiro atoms. The normalized spacial score (nSPS) is 11.1. The standard InChI is InChI=1S/C23H24ClN3O3S/c1-26(2)21-13-7-17(8-14-21)16-27(3)23(28)18-5-4-6-22(15-18)31(29,30)25-20-11-9-19(24)10-12-20/h4-15,25H,16H2,1-3H3. The number of sulfonamides is 1. The van der Waals surface area contributed by atoms with Crippen LogP contribution >= 0.6 is 11.6 Å². The Morgan fingerprint density at radius 1 is 0.935 bits per heavy atom. The van der Waals surface area contributed by atoms with Gasteiger partial charge in [0.15, 0.2) is 0 Å². The van der Waals surface area contributed by atoms with E-state index in [9.17, 15) is 13.2 Å². The zero-order chi connectivity index (χ0) is 22.6. The molecule has 0 atom stereocenters. The average molecular weight is 458 g/mol. The summed E-state index contributed by atoms with van der Waals surface area (Å²) >= 11 is 5.84. The van der Waals surface area contributed by atoms with Crippen LogP contribution in [0.2, 0.25) is 5.02 Å². The summed E-state index contributed by atoms with van der Waals surface area (Å²) in [6.45, 7) is 0.409. The number of carbonyl (C=O) groups excluding carboxylic acids is 1. The second-order valence-corrected chi connectivity index (χ2v) is 9.48. The van der Waals surface area contributed by atoms with Crippen molar-refractivity contribution in [1.82, 2.24) is 4.90 Å². The van der Waals surface area contributed by atoms with Crippen molar-refractivity contribution in [2.75, 3.05) is 30.8 Å². The summed E-state index contributed by atoms with van der Waals surface area (Å²) in [5.41, 5.74) is 2.74. The highest BCUT2D eigenvalue weighted by Gasteiger charge is 2.18. The van der Waals surface area contributed by atoms with Crippen LogP contribution in [0.5, 0.6) is 0 Å². The number of nitrogens with zero attached hydrogens (tertiary/aromatic N) is 2. The van der Waals surface area contributed by atoms with E-state index in [0.717, 1.165) is 11.3 Å². The third-order valence-corrected chi connectivity index (χ3v) is 6.34. The minimum absolute atomic E-state index is 0.0111. The monoisotopic (exact) mass is 457 g/mol. The van der Waals surface area contributed by atoms with Gasteiger partial charge in [0.2, 0.25) is 0 Å². The Bertz CT molecular complexity index is 1160. The van der Waals surface area contributed by atoms with Crippen LogP contribution in [0.3, 0.4) is 0 Å². The Morgan fingerprint density at radius 3 is 2.19 bits per heavy atom. The van der Waals surface area contributed by atoms with Crippen LogP contribution in [0.4, 0.5) is 11.4 Å². The summed E-state index contributed by atoms with van der Waals surface area (Å²) in [5, 5.41) is 0.509. The zero-order valence-electron chi connectivity index (χ0n) is 17.5. The lowest BCUT2D eigenvalue weighted by molar-refractivity contribution is 0.0785. The average Bonchev–Trinajstić information content (AvgIpc) is 2.75.